The number of amides is 1. The van der Waals surface area contributed by atoms with Gasteiger partial charge in [-0.3, -0.25) is 14.4 Å². The SMILES string of the molecule is CCC(=O)N(C)C.O=C(O)CC(O)(CC(=O)O)C(=O)O. The van der Waals surface area contributed by atoms with Gasteiger partial charge in [-0.15, -0.1) is 0 Å². The topological polar surface area (TPSA) is 152 Å². The molecule has 0 aliphatic heterocycles. The van der Waals surface area contributed by atoms with Crippen LogP contribution in [-0.2, 0) is 19.2 Å². The second kappa shape index (κ2) is 8.86. The maximum absolute atomic E-state index is 10.4. The summed E-state index contributed by atoms with van der Waals surface area (Å²) in [7, 11) is 3.51. The second-order valence-corrected chi connectivity index (χ2v) is 4.12. The Morgan fingerprint density at radius 3 is 1.40 bits per heavy atom. The van der Waals surface area contributed by atoms with Crippen LogP contribution in [0.3, 0.4) is 0 Å². The van der Waals surface area contributed by atoms with Crippen LogP contribution in [0.5, 0.6) is 0 Å². The van der Waals surface area contributed by atoms with Gasteiger partial charge in [0, 0.05) is 20.5 Å². The summed E-state index contributed by atoms with van der Waals surface area (Å²) < 4.78 is 0. The Morgan fingerprint density at radius 1 is 0.950 bits per heavy atom. The summed E-state index contributed by atoms with van der Waals surface area (Å²) >= 11 is 0. The van der Waals surface area contributed by atoms with E-state index in [1.165, 1.54) is 0 Å². The van der Waals surface area contributed by atoms with Crippen LogP contribution in [0.4, 0.5) is 0 Å². The molecule has 0 fully saturated rings. The molecule has 0 saturated carbocycles. The summed E-state index contributed by atoms with van der Waals surface area (Å²) in [5.41, 5.74) is -2.74. The summed E-state index contributed by atoms with van der Waals surface area (Å²) in [6, 6.07) is 0. The third-order valence-corrected chi connectivity index (χ3v) is 2.09. The maximum Gasteiger partial charge on any atom is 0.336 e. The Morgan fingerprint density at radius 2 is 1.30 bits per heavy atom. The number of rotatable bonds is 6. The Labute approximate surface area is 115 Å². The first kappa shape index (κ1) is 20.2. The number of aliphatic carboxylic acids is 3. The number of carbonyl (C=O) groups is 4. The van der Waals surface area contributed by atoms with E-state index < -0.39 is 36.4 Å². The van der Waals surface area contributed by atoms with E-state index in [0.29, 0.717) is 6.42 Å². The largest absolute Gasteiger partial charge is 0.481 e. The van der Waals surface area contributed by atoms with Gasteiger partial charge in [-0.1, -0.05) is 6.92 Å². The van der Waals surface area contributed by atoms with E-state index in [1.807, 2.05) is 6.92 Å². The van der Waals surface area contributed by atoms with Crippen molar-refractivity contribution in [3.05, 3.63) is 0 Å². The van der Waals surface area contributed by atoms with Crippen molar-refractivity contribution in [3.8, 4) is 0 Å². The van der Waals surface area contributed by atoms with Crippen molar-refractivity contribution in [3.63, 3.8) is 0 Å². The van der Waals surface area contributed by atoms with Crippen LogP contribution >= 0.6 is 0 Å². The molecule has 0 unspecified atom stereocenters. The zero-order valence-electron chi connectivity index (χ0n) is 11.5. The predicted molar refractivity (Wildman–Crippen MR) is 66.1 cm³/mol. The molecule has 0 heterocycles. The van der Waals surface area contributed by atoms with Crippen molar-refractivity contribution in [1.82, 2.24) is 4.90 Å². The third kappa shape index (κ3) is 8.86. The fourth-order valence-electron chi connectivity index (χ4n) is 1.03. The first-order valence-electron chi connectivity index (χ1n) is 5.55. The lowest BCUT2D eigenvalue weighted by atomic mass is 9.96. The van der Waals surface area contributed by atoms with E-state index in [9.17, 15) is 19.2 Å². The molecular weight excluding hydrogens is 274 g/mol. The number of carboxylic acid groups (broad SMARTS) is 3. The molecule has 1 amide bonds. The number of carbonyl (C=O) groups excluding carboxylic acids is 1. The van der Waals surface area contributed by atoms with Crippen LogP contribution in [-0.4, -0.2) is 68.8 Å². The highest BCUT2D eigenvalue weighted by Gasteiger charge is 2.40. The minimum Gasteiger partial charge on any atom is -0.481 e. The minimum atomic E-state index is -2.74. The van der Waals surface area contributed by atoms with Crippen molar-refractivity contribution in [2.45, 2.75) is 31.8 Å². The van der Waals surface area contributed by atoms with Gasteiger partial charge in [0.25, 0.3) is 0 Å². The fraction of sp³-hybridized carbons (Fsp3) is 0.636. The zero-order valence-corrected chi connectivity index (χ0v) is 11.5. The van der Waals surface area contributed by atoms with Gasteiger partial charge in [0.2, 0.25) is 5.91 Å². The van der Waals surface area contributed by atoms with Gasteiger partial charge in [0.1, 0.15) is 0 Å². The Kier molecular flexibility index (Phi) is 8.93. The summed E-state index contributed by atoms with van der Waals surface area (Å²) in [6.45, 7) is 1.85. The van der Waals surface area contributed by atoms with Gasteiger partial charge >= 0.3 is 17.9 Å². The third-order valence-electron chi connectivity index (χ3n) is 2.09. The molecular formula is C11H19NO8. The summed E-state index contributed by atoms with van der Waals surface area (Å²) in [4.78, 5) is 42.5. The highest BCUT2D eigenvalue weighted by atomic mass is 16.4. The summed E-state index contributed by atoms with van der Waals surface area (Å²) in [6.07, 6.45) is -1.68. The molecule has 0 spiro atoms. The summed E-state index contributed by atoms with van der Waals surface area (Å²) in [5.74, 6) is -4.84. The van der Waals surface area contributed by atoms with Gasteiger partial charge < -0.3 is 25.3 Å². The molecule has 0 atom stereocenters. The molecule has 0 aliphatic rings. The van der Waals surface area contributed by atoms with E-state index >= 15 is 0 Å². The molecule has 0 aromatic rings. The number of hydrogen-bond acceptors (Lipinski definition) is 5. The minimum absolute atomic E-state index is 0.181. The zero-order chi connectivity index (χ0) is 16.5. The molecule has 0 saturated heterocycles. The first-order chi connectivity index (χ1) is 8.96. The number of aliphatic hydroxyl groups is 1. The average molecular weight is 293 g/mol. The van der Waals surface area contributed by atoms with Crippen LogP contribution in [0.2, 0.25) is 0 Å². The molecule has 0 aromatic heterocycles. The summed E-state index contributed by atoms with van der Waals surface area (Å²) in [5, 5.41) is 33.8. The first-order valence-corrected chi connectivity index (χ1v) is 5.55. The van der Waals surface area contributed by atoms with E-state index in [1.54, 1.807) is 19.0 Å². The molecule has 9 heteroatoms. The van der Waals surface area contributed by atoms with Crippen LogP contribution in [0, 0.1) is 0 Å². The van der Waals surface area contributed by atoms with Gasteiger partial charge in [0.15, 0.2) is 5.60 Å². The standard InChI is InChI=1S/C6H8O7.C5H11NO/c7-3(8)1-6(13,5(11)12)2-4(9)10;1-4-5(7)6(2)3/h13H,1-2H2,(H,7,8)(H,9,10)(H,11,12);4H2,1-3H3. The molecule has 116 valence electrons. The number of carboxylic acids is 3. The van der Waals surface area contributed by atoms with Crippen LogP contribution in [0.15, 0.2) is 0 Å². The molecule has 9 nitrogen and oxygen atoms in total. The van der Waals surface area contributed by atoms with E-state index in [4.69, 9.17) is 20.4 Å². The quantitative estimate of drug-likeness (QED) is 0.498. The average Bonchev–Trinajstić information content (AvgIpc) is 2.26. The van der Waals surface area contributed by atoms with Crippen LogP contribution in [0.25, 0.3) is 0 Å². The van der Waals surface area contributed by atoms with Crippen molar-refractivity contribution < 1.29 is 39.6 Å². The highest BCUT2D eigenvalue weighted by Crippen LogP contribution is 2.15. The van der Waals surface area contributed by atoms with Crippen molar-refractivity contribution >= 4 is 23.8 Å². The molecule has 4 N–H and O–H groups in total. The molecule has 0 aromatic carbocycles. The van der Waals surface area contributed by atoms with Gasteiger partial charge in [0.05, 0.1) is 12.8 Å². The van der Waals surface area contributed by atoms with Crippen molar-refractivity contribution in [2.24, 2.45) is 0 Å². The van der Waals surface area contributed by atoms with E-state index in [-0.39, 0.29) is 5.91 Å². The van der Waals surface area contributed by atoms with E-state index in [0.717, 1.165) is 0 Å². The van der Waals surface area contributed by atoms with Crippen LogP contribution in [0.1, 0.15) is 26.2 Å². The van der Waals surface area contributed by atoms with Crippen molar-refractivity contribution in [1.29, 1.82) is 0 Å². The molecule has 0 rings (SSSR count). The van der Waals surface area contributed by atoms with Gasteiger partial charge in [-0.05, 0) is 0 Å². The Hall–Kier alpha value is -2.16. The lowest BCUT2D eigenvalue weighted by molar-refractivity contribution is -0.170. The molecule has 0 radical (unpaired) electrons. The maximum atomic E-state index is 10.4. The van der Waals surface area contributed by atoms with Gasteiger partial charge in [-0.25, -0.2) is 4.79 Å². The second-order valence-electron chi connectivity index (χ2n) is 4.12. The van der Waals surface area contributed by atoms with Gasteiger partial charge in [-0.2, -0.15) is 0 Å². The van der Waals surface area contributed by atoms with E-state index in [2.05, 4.69) is 0 Å². The Bertz CT molecular complexity index is 361. The number of hydrogen-bond donors (Lipinski definition) is 4. The fourth-order valence-corrected chi connectivity index (χ4v) is 1.03. The molecule has 0 bridgehead atoms. The lowest BCUT2D eigenvalue weighted by Gasteiger charge is -2.18. The highest BCUT2D eigenvalue weighted by molar-refractivity contribution is 5.88. The monoisotopic (exact) mass is 293 g/mol. The molecule has 20 heavy (non-hydrogen) atoms. The Balaban J connectivity index is 0. The molecule has 0 aliphatic carbocycles. The smallest absolute Gasteiger partial charge is 0.336 e. The van der Waals surface area contributed by atoms with Crippen LogP contribution < -0.4 is 0 Å². The van der Waals surface area contributed by atoms with Crippen molar-refractivity contribution in [2.75, 3.05) is 14.1 Å². The lowest BCUT2D eigenvalue weighted by Crippen LogP contribution is -2.42. The normalized spacial score (nSPS) is 10.0. The number of nitrogens with zero attached hydrogens (tertiary/aromatic N) is 1. The predicted octanol–water partition coefficient (Wildman–Crippen LogP) is -0.764.